The van der Waals surface area contributed by atoms with E-state index < -0.39 is 163 Å². The van der Waals surface area contributed by atoms with Crippen molar-refractivity contribution in [1.82, 2.24) is 39.9 Å². The first kappa shape index (κ1) is 63.3. The third-order valence-corrected chi connectivity index (χ3v) is 9.59. The molecule has 0 fully saturated rings. The van der Waals surface area contributed by atoms with Crippen molar-refractivity contribution in [3.8, 4) is 0 Å². The minimum Gasteiger partial charge on any atom is -0.334 e. The fourth-order valence-electron chi connectivity index (χ4n) is 6.30. The van der Waals surface area contributed by atoms with Gasteiger partial charge in [0, 0.05) is 0 Å². The van der Waals surface area contributed by atoms with Crippen molar-refractivity contribution in [2.75, 3.05) is 0 Å². The highest BCUT2D eigenvalue weighted by Crippen LogP contribution is 2.45. The number of aromatic nitrogens is 8. The molecular formula is C39H13F33N8. The van der Waals surface area contributed by atoms with Gasteiger partial charge in [-0.25, -0.2) is 19.9 Å². The molecule has 4 aromatic heterocycles. The molecule has 4 aromatic carbocycles. The Hall–Kier alpha value is -7.55. The number of aromatic amines is 4. The molecule has 0 radical (unpaired) electrons. The van der Waals surface area contributed by atoms with Gasteiger partial charge in [-0.2, -0.15) is 145 Å². The Morgan fingerprint density at radius 3 is 1.01 bits per heavy atom. The summed E-state index contributed by atoms with van der Waals surface area (Å²) in [6.45, 7) is 0. The molecule has 41 heteroatoms. The lowest BCUT2D eigenvalue weighted by atomic mass is 10.1. The van der Waals surface area contributed by atoms with E-state index in [4.69, 9.17) is 0 Å². The molecule has 0 spiro atoms. The third-order valence-electron chi connectivity index (χ3n) is 9.59. The van der Waals surface area contributed by atoms with Gasteiger partial charge in [0.05, 0.1) is 72.0 Å². The minimum absolute atomic E-state index is 0.0413. The second-order valence-corrected chi connectivity index (χ2v) is 15.3. The minimum atomic E-state index is -5.38. The molecule has 80 heavy (non-hydrogen) atoms. The highest BCUT2D eigenvalue weighted by Gasteiger charge is 2.47. The van der Waals surface area contributed by atoms with Crippen LogP contribution in [0.5, 0.6) is 0 Å². The van der Waals surface area contributed by atoms with E-state index in [1.165, 1.54) is 15.0 Å². The average molecular weight is 1220 g/mol. The second-order valence-electron chi connectivity index (χ2n) is 15.3. The van der Waals surface area contributed by atoms with Crippen molar-refractivity contribution in [2.45, 2.75) is 67.9 Å². The molecule has 440 valence electrons. The Morgan fingerprint density at radius 2 is 0.588 bits per heavy atom. The van der Waals surface area contributed by atoms with Crippen LogP contribution in [0.2, 0.25) is 0 Å². The van der Waals surface area contributed by atoms with Gasteiger partial charge in [0.1, 0.15) is 11.0 Å². The summed E-state index contributed by atoms with van der Waals surface area (Å²) in [4.78, 5) is 17.3. The maximum Gasteiger partial charge on any atom is 0.449 e. The predicted molar refractivity (Wildman–Crippen MR) is 199 cm³/mol. The Bertz CT molecular complexity index is 3380. The number of alkyl halides is 33. The van der Waals surface area contributed by atoms with E-state index in [0.29, 0.717) is 12.1 Å². The Labute approximate surface area is 414 Å². The maximum atomic E-state index is 12.7. The van der Waals surface area contributed by atoms with E-state index in [9.17, 15) is 145 Å². The highest BCUT2D eigenvalue weighted by molar-refractivity contribution is 5.84. The summed E-state index contributed by atoms with van der Waals surface area (Å²) in [6, 6.07) is 2.04. The average Bonchev–Trinajstić information content (AvgIpc) is 4.07. The van der Waals surface area contributed by atoms with E-state index in [-0.39, 0.29) is 47.4 Å². The van der Waals surface area contributed by atoms with Gasteiger partial charge in [-0.15, -0.1) is 0 Å². The van der Waals surface area contributed by atoms with Crippen LogP contribution in [0.15, 0.2) is 54.6 Å². The lowest BCUT2D eigenvalue weighted by Gasteiger charge is -2.15. The fourth-order valence-corrected chi connectivity index (χ4v) is 6.30. The fraction of sp³-hybridized carbons (Fsp3) is 0.282. The zero-order chi connectivity index (χ0) is 61.5. The molecule has 0 saturated heterocycles. The quantitative estimate of drug-likeness (QED) is 0.113. The third kappa shape index (κ3) is 14.6. The smallest absolute Gasteiger partial charge is 0.334 e. The van der Waals surface area contributed by atoms with Gasteiger partial charge >= 0.3 is 67.9 Å². The number of fused-ring (bicyclic) bond motifs is 4. The first-order valence-electron chi connectivity index (χ1n) is 19.5. The zero-order valence-corrected chi connectivity index (χ0v) is 36.5. The van der Waals surface area contributed by atoms with Crippen molar-refractivity contribution in [3.63, 3.8) is 0 Å². The SMILES string of the molecule is FC(F)(F)c1cc(C(F)(F)F)c2nc(C(F)(F)F)[nH]c2c1.FC(F)(F)c1ccc2nc(C(F)(F)F)[nH]c2c1.FC(F)(F)c1nc2c(C(F)(F)F)ccc(C(F)(F)F)c2[nH]1.FC(F)(F)c1nc2cc(C(F)(F)F)c(C(F)(F)F)cc2[nH]1. The molecule has 0 atom stereocenters. The lowest BCUT2D eigenvalue weighted by molar-refractivity contribution is -0.161. The van der Waals surface area contributed by atoms with Crippen LogP contribution in [0.25, 0.3) is 44.1 Å². The largest absolute Gasteiger partial charge is 0.449 e. The molecule has 8 aromatic rings. The first-order valence-corrected chi connectivity index (χ1v) is 19.5. The van der Waals surface area contributed by atoms with E-state index in [1.807, 2.05) is 4.98 Å². The van der Waals surface area contributed by atoms with E-state index in [1.54, 1.807) is 0 Å². The number of nitrogens with zero attached hydrogens (tertiary/aromatic N) is 4. The Balaban J connectivity index is 0.000000197. The van der Waals surface area contributed by atoms with E-state index in [2.05, 4.69) is 19.9 Å². The second kappa shape index (κ2) is 20.2. The van der Waals surface area contributed by atoms with Gasteiger partial charge in [-0.1, -0.05) is 0 Å². The molecule has 4 heterocycles. The molecule has 8 nitrogen and oxygen atoms in total. The number of halogens is 33. The van der Waals surface area contributed by atoms with Crippen LogP contribution < -0.4 is 0 Å². The summed E-state index contributed by atoms with van der Waals surface area (Å²) in [7, 11) is 0. The molecule has 0 bridgehead atoms. The maximum absolute atomic E-state index is 12.7. The van der Waals surface area contributed by atoms with Crippen molar-refractivity contribution >= 4 is 44.1 Å². The number of nitrogens with one attached hydrogen (secondary N) is 4. The van der Waals surface area contributed by atoms with Crippen LogP contribution in [0.1, 0.15) is 62.2 Å². The summed E-state index contributed by atoms with van der Waals surface area (Å²) in [5, 5.41) is 0. The molecular weight excluding hydrogens is 1210 g/mol. The van der Waals surface area contributed by atoms with E-state index >= 15 is 0 Å². The standard InChI is InChI=1S/3C10H3F9N2.C9H4F6N2/c11-8(12,13)3-1-5-6(2-4(3)9(14,15)16)21-7(20-5)10(17,18)19;11-8(12,13)3-1-4(9(14,15)16)6-5(2-3)20-7(21-6)10(17,18)19;11-8(12,13)3-1-2-4(9(14,15)16)6-5(3)20-7(21-6)10(17,18)19;10-8(11,12)4-1-2-5-6(3-4)17-7(16-5)9(13,14)15/h3*1-2H,(H,20,21);1-3H,(H,16,17). The van der Waals surface area contributed by atoms with Crippen molar-refractivity contribution in [3.05, 3.63) is 117 Å². The topological polar surface area (TPSA) is 115 Å². The summed E-state index contributed by atoms with van der Waals surface area (Å²) in [5.41, 5.74) is -19.3. The summed E-state index contributed by atoms with van der Waals surface area (Å²) >= 11 is 0. The monoisotopic (exact) mass is 1220 g/mol. The predicted octanol–water partition coefficient (Wildman–Crippen LogP) is 17.5. The lowest BCUT2D eigenvalue weighted by Crippen LogP contribution is -2.16. The van der Waals surface area contributed by atoms with Crippen molar-refractivity contribution < 1.29 is 145 Å². The number of benzene rings is 4. The van der Waals surface area contributed by atoms with Crippen LogP contribution in [0, 0.1) is 0 Å². The Morgan fingerprint density at radius 1 is 0.237 bits per heavy atom. The molecule has 0 aliphatic carbocycles. The molecule has 4 N–H and O–H groups in total. The van der Waals surface area contributed by atoms with Crippen LogP contribution in [-0.4, -0.2) is 39.9 Å². The highest BCUT2D eigenvalue weighted by atomic mass is 19.5. The van der Waals surface area contributed by atoms with Gasteiger partial charge in [0.2, 0.25) is 23.3 Å². The van der Waals surface area contributed by atoms with Gasteiger partial charge in [-0.3, -0.25) is 0 Å². The zero-order valence-electron chi connectivity index (χ0n) is 36.5. The molecule has 0 aliphatic heterocycles. The molecule has 0 amide bonds. The molecule has 0 aliphatic rings. The summed E-state index contributed by atoms with van der Waals surface area (Å²) in [6.07, 6.45) is -56.1. The number of H-pyrrole nitrogens is 4. The normalized spacial score (nSPS) is 13.8. The number of hydrogen-bond acceptors (Lipinski definition) is 4. The van der Waals surface area contributed by atoms with Gasteiger partial charge in [0.15, 0.2) is 0 Å². The van der Waals surface area contributed by atoms with Gasteiger partial charge in [0.25, 0.3) is 0 Å². The van der Waals surface area contributed by atoms with Crippen LogP contribution in [0.4, 0.5) is 145 Å². The van der Waals surface area contributed by atoms with E-state index in [0.717, 1.165) is 6.07 Å². The number of rotatable bonds is 0. The first-order chi connectivity index (χ1) is 35.6. The van der Waals surface area contributed by atoms with Crippen molar-refractivity contribution in [1.29, 1.82) is 0 Å². The summed E-state index contributed by atoms with van der Waals surface area (Å²) in [5.74, 6) is -6.72. The van der Waals surface area contributed by atoms with Crippen LogP contribution in [0.3, 0.4) is 0 Å². The van der Waals surface area contributed by atoms with Gasteiger partial charge in [-0.05, 0) is 54.6 Å². The number of imidazole rings is 4. The van der Waals surface area contributed by atoms with Crippen molar-refractivity contribution in [2.24, 2.45) is 0 Å². The summed E-state index contributed by atoms with van der Waals surface area (Å²) < 4.78 is 412. The van der Waals surface area contributed by atoms with Gasteiger partial charge < -0.3 is 19.9 Å². The van der Waals surface area contributed by atoms with Crippen LogP contribution in [-0.2, 0) is 67.9 Å². The number of hydrogen-bond donors (Lipinski definition) is 4. The molecule has 8 rings (SSSR count). The molecule has 0 unspecified atom stereocenters. The van der Waals surface area contributed by atoms with Crippen LogP contribution >= 0.6 is 0 Å². The molecule has 0 saturated carbocycles. The Kier molecular flexibility index (Phi) is 16.0.